The van der Waals surface area contributed by atoms with Crippen molar-refractivity contribution in [2.24, 2.45) is 0 Å². The summed E-state index contributed by atoms with van der Waals surface area (Å²) in [7, 11) is 0. The molecule has 3 nitrogen and oxygen atoms in total. The molecule has 2 heterocycles. The van der Waals surface area contributed by atoms with E-state index in [1.807, 2.05) is 67.0 Å². The Morgan fingerprint density at radius 1 is 0.444 bits per heavy atom. The summed E-state index contributed by atoms with van der Waals surface area (Å²) >= 11 is 0. The fourth-order valence-electron chi connectivity index (χ4n) is 2.46. The normalized spacial score (nSPS) is 9.63. The van der Waals surface area contributed by atoms with Crippen LogP contribution in [0.3, 0.4) is 0 Å². The number of phenolic OH excluding ortho intramolecular Hbond substituents is 1. The van der Waals surface area contributed by atoms with Crippen molar-refractivity contribution in [1.29, 1.82) is 0 Å². The van der Waals surface area contributed by atoms with Gasteiger partial charge in [-0.05, 0) is 36.4 Å². The van der Waals surface area contributed by atoms with Crippen molar-refractivity contribution in [3.8, 4) is 5.75 Å². The smallest absolute Gasteiger partial charge is 0.115 e. The standard InChI is InChI=1S/2C9H7N.C6H6O/c2*1-2-6-9-8(4-1)5-3-7-10-9;7-6-4-2-1-3-5-6/h2*1-7H;1-5,7H. The van der Waals surface area contributed by atoms with Crippen LogP contribution < -0.4 is 0 Å². The molecule has 0 saturated heterocycles. The van der Waals surface area contributed by atoms with Crippen molar-refractivity contribution in [2.75, 3.05) is 0 Å². The van der Waals surface area contributed by atoms with Crippen LogP contribution in [0.25, 0.3) is 21.8 Å². The minimum absolute atomic E-state index is 0.322. The molecule has 0 amide bonds. The summed E-state index contributed by atoms with van der Waals surface area (Å²) in [6, 6.07) is 32.9. The highest BCUT2D eigenvalue weighted by atomic mass is 16.3. The molecule has 0 unspecified atom stereocenters. The minimum atomic E-state index is 0.322. The summed E-state index contributed by atoms with van der Waals surface area (Å²) in [5, 5.41) is 11.0. The van der Waals surface area contributed by atoms with E-state index in [2.05, 4.69) is 34.2 Å². The van der Waals surface area contributed by atoms with Crippen LogP contribution in [-0.4, -0.2) is 15.1 Å². The van der Waals surface area contributed by atoms with Crippen molar-refractivity contribution in [2.45, 2.75) is 0 Å². The van der Waals surface area contributed by atoms with Gasteiger partial charge in [-0.1, -0.05) is 66.7 Å². The monoisotopic (exact) mass is 352 g/mol. The summed E-state index contributed by atoms with van der Waals surface area (Å²) < 4.78 is 0. The number of aromatic hydroxyl groups is 1. The van der Waals surface area contributed by atoms with Crippen molar-refractivity contribution in [3.63, 3.8) is 0 Å². The van der Waals surface area contributed by atoms with Crippen LogP contribution in [-0.2, 0) is 0 Å². The Hall–Kier alpha value is -3.72. The number of aromatic nitrogens is 2. The first-order valence-electron chi connectivity index (χ1n) is 8.66. The van der Waals surface area contributed by atoms with Gasteiger partial charge in [-0.3, -0.25) is 9.97 Å². The van der Waals surface area contributed by atoms with Gasteiger partial charge in [0.25, 0.3) is 0 Å². The zero-order chi connectivity index (χ0) is 18.7. The van der Waals surface area contributed by atoms with Gasteiger partial charge in [0.15, 0.2) is 0 Å². The summed E-state index contributed by atoms with van der Waals surface area (Å²) in [5.41, 5.74) is 2.12. The highest BCUT2D eigenvalue weighted by Gasteiger charge is 1.87. The third-order valence-electron chi connectivity index (χ3n) is 3.78. The second kappa shape index (κ2) is 9.68. The molecule has 0 aliphatic rings. The quantitative estimate of drug-likeness (QED) is 0.379. The molecule has 0 saturated carbocycles. The summed E-state index contributed by atoms with van der Waals surface area (Å²) in [4.78, 5) is 8.36. The topological polar surface area (TPSA) is 46.0 Å². The van der Waals surface area contributed by atoms with Crippen LogP contribution in [0.2, 0.25) is 0 Å². The van der Waals surface area contributed by atoms with Gasteiger partial charge in [0.05, 0.1) is 11.0 Å². The van der Waals surface area contributed by atoms with E-state index in [0.29, 0.717) is 5.75 Å². The van der Waals surface area contributed by atoms with Crippen LogP contribution in [0.15, 0.2) is 116 Å². The number of hydrogen-bond donors (Lipinski definition) is 1. The Balaban J connectivity index is 0.000000119. The van der Waals surface area contributed by atoms with Crippen molar-refractivity contribution >= 4 is 21.8 Å². The molecular formula is C24H20N2O. The van der Waals surface area contributed by atoms with Gasteiger partial charge >= 0.3 is 0 Å². The predicted molar refractivity (Wildman–Crippen MR) is 112 cm³/mol. The third-order valence-corrected chi connectivity index (χ3v) is 3.78. The van der Waals surface area contributed by atoms with E-state index < -0.39 is 0 Å². The molecule has 0 bridgehead atoms. The lowest BCUT2D eigenvalue weighted by atomic mass is 10.2. The SMILES string of the molecule is Oc1ccccc1.c1ccc2ncccc2c1.c1ccc2ncccc2c1. The molecule has 0 aliphatic carbocycles. The van der Waals surface area contributed by atoms with Gasteiger partial charge in [0.2, 0.25) is 0 Å². The second-order valence-electron chi connectivity index (χ2n) is 5.73. The van der Waals surface area contributed by atoms with E-state index in [9.17, 15) is 0 Å². The van der Waals surface area contributed by atoms with Gasteiger partial charge in [-0.2, -0.15) is 0 Å². The van der Waals surface area contributed by atoms with Gasteiger partial charge < -0.3 is 5.11 Å². The lowest BCUT2D eigenvalue weighted by molar-refractivity contribution is 0.475. The molecule has 132 valence electrons. The maximum atomic E-state index is 8.63. The molecule has 0 radical (unpaired) electrons. The first kappa shape index (κ1) is 18.1. The lowest BCUT2D eigenvalue weighted by Crippen LogP contribution is -1.73. The maximum Gasteiger partial charge on any atom is 0.115 e. The Morgan fingerprint density at radius 2 is 0.852 bits per heavy atom. The zero-order valence-electron chi connectivity index (χ0n) is 14.8. The molecule has 0 fully saturated rings. The lowest BCUT2D eigenvalue weighted by Gasteiger charge is -1.91. The number of pyridine rings is 2. The molecule has 2 aromatic heterocycles. The fourth-order valence-corrected chi connectivity index (χ4v) is 2.46. The Bertz CT molecular complexity index is 892. The van der Waals surface area contributed by atoms with Crippen LogP contribution in [0, 0.1) is 0 Å². The van der Waals surface area contributed by atoms with Crippen molar-refractivity contribution < 1.29 is 5.11 Å². The van der Waals surface area contributed by atoms with E-state index in [1.165, 1.54) is 10.8 Å². The molecular weight excluding hydrogens is 332 g/mol. The molecule has 5 aromatic rings. The zero-order valence-corrected chi connectivity index (χ0v) is 14.8. The van der Waals surface area contributed by atoms with Gasteiger partial charge in [0.1, 0.15) is 5.75 Å². The molecule has 5 rings (SSSR count). The van der Waals surface area contributed by atoms with Crippen molar-refractivity contribution in [3.05, 3.63) is 116 Å². The molecule has 0 aliphatic heterocycles. The van der Waals surface area contributed by atoms with E-state index in [0.717, 1.165) is 11.0 Å². The molecule has 1 N–H and O–H groups in total. The second-order valence-corrected chi connectivity index (χ2v) is 5.73. The first-order chi connectivity index (χ1) is 13.3. The summed E-state index contributed by atoms with van der Waals surface area (Å²) in [6.45, 7) is 0. The Morgan fingerprint density at radius 3 is 1.26 bits per heavy atom. The van der Waals surface area contributed by atoms with E-state index in [1.54, 1.807) is 24.3 Å². The summed E-state index contributed by atoms with van der Waals surface area (Å²) in [6.07, 6.45) is 3.62. The van der Waals surface area contributed by atoms with Crippen LogP contribution in [0.4, 0.5) is 0 Å². The first-order valence-corrected chi connectivity index (χ1v) is 8.66. The number of fused-ring (bicyclic) bond motifs is 2. The van der Waals surface area contributed by atoms with E-state index in [4.69, 9.17) is 5.11 Å². The Kier molecular flexibility index (Phi) is 6.48. The Labute approximate surface area is 158 Å². The average Bonchev–Trinajstić information content (AvgIpc) is 2.75. The third kappa shape index (κ3) is 5.65. The van der Waals surface area contributed by atoms with Gasteiger partial charge in [0, 0.05) is 23.2 Å². The maximum absolute atomic E-state index is 8.63. The number of phenols is 1. The summed E-state index contributed by atoms with van der Waals surface area (Å²) in [5.74, 6) is 0.322. The number of nitrogens with zero attached hydrogens (tertiary/aromatic N) is 2. The van der Waals surface area contributed by atoms with Crippen LogP contribution >= 0.6 is 0 Å². The number of hydrogen-bond acceptors (Lipinski definition) is 3. The van der Waals surface area contributed by atoms with E-state index in [-0.39, 0.29) is 0 Å². The molecule has 3 aromatic carbocycles. The molecule has 27 heavy (non-hydrogen) atoms. The van der Waals surface area contributed by atoms with Crippen molar-refractivity contribution in [1.82, 2.24) is 9.97 Å². The molecule has 3 heteroatoms. The predicted octanol–water partition coefficient (Wildman–Crippen LogP) is 5.86. The van der Waals surface area contributed by atoms with Gasteiger partial charge in [-0.25, -0.2) is 0 Å². The minimum Gasteiger partial charge on any atom is -0.508 e. The largest absolute Gasteiger partial charge is 0.508 e. The average molecular weight is 352 g/mol. The van der Waals surface area contributed by atoms with Crippen LogP contribution in [0.1, 0.15) is 0 Å². The molecule has 0 atom stereocenters. The number of rotatable bonds is 0. The number of benzene rings is 3. The van der Waals surface area contributed by atoms with Gasteiger partial charge in [-0.15, -0.1) is 0 Å². The fraction of sp³-hybridized carbons (Fsp3) is 0. The van der Waals surface area contributed by atoms with E-state index >= 15 is 0 Å². The molecule has 0 spiro atoms. The van der Waals surface area contributed by atoms with Crippen LogP contribution in [0.5, 0.6) is 5.75 Å². The highest BCUT2D eigenvalue weighted by molar-refractivity contribution is 5.78. The highest BCUT2D eigenvalue weighted by Crippen LogP contribution is 2.08. The number of para-hydroxylation sites is 3.